The van der Waals surface area contributed by atoms with Gasteiger partial charge in [-0.1, -0.05) is 17.7 Å². The number of hydrogen-bond donors (Lipinski definition) is 3. The Morgan fingerprint density at radius 2 is 1.81 bits per heavy atom. The summed E-state index contributed by atoms with van der Waals surface area (Å²) < 4.78 is 12.9. The van der Waals surface area contributed by atoms with Crippen LogP contribution in [-0.4, -0.2) is 16.9 Å². The molecule has 0 bridgehead atoms. The zero-order chi connectivity index (χ0) is 19.4. The van der Waals surface area contributed by atoms with Crippen molar-refractivity contribution in [3.8, 4) is 0 Å². The van der Waals surface area contributed by atoms with Gasteiger partial charge >= 0.3 is 6.03 Å². The summed E-state index contributed by atoms with van der Waals surface area (Å²) in [6.07, 6.45) is 0. The number of anilines is 3. The lowest BCUT2D eigenvalue weighted by Gasteiger charge is -2.08. The molecule has 0 aliphatic carbocycles. The van der Waals surface area contributed by atoms with Crippen molar-refractivity contribution in [1.82, 2.24) is 4.98 Å². The molecule has 0 saturated heterocycles. The van der Waals surface area contributed by atoms with Crippen molar-refractivity contribution < 1.29 is 14.0 Å². The standard InChI is InChI=1S/C18H14ClFN4O2S/c1-10-13(19)3-2-4-14(10)22-16(25)15-9-27-18(23-15)24-17(26)21-12-7-5-11(20)6-8-12/h2-9H,1H3,(H,22,25)(H2,21,23,24,26). The average Bonchev–Trinajstić information content (AvgIpc) is 3.09. The Morgan fingerprint density at radius 3 is 2.56 bits per heavy atom. The number of hydrogen-bond acceptors (Lipinski definition) is 4. The predicted molar refractivity (Wildman–Crippen MR) is 105 cm³/mol. The summed E-state index contributed by atoms with van der Waals surface area (Å²) in [7, 11) is 0. The maximum absolute atomic E-state index is 12.9. The van der Waals surface area contributed by atoms with E-state index in [-0.39, 0.29) is 10.8 Å². The van der Waals surface area contributed by atoms with Crippen molar-refractivity contribution in [3.63, 3.8) is 0 Å². The number of amides is 3. The second-order valence-corrected chi connectivity index (χ2v) is 6.76. The second kappa shape index (κ2) is 8.15. The Hall–Kier alpha value is -2.97. The van der Waals surface area contributed by atoms with Crippen LogP contribution in [0, 0.1) is 12.7 Å². The molecule has 0 spiro atoms. The van der Waals surface area contributed by atoms with E-state index in [4.69, 9.17) is 11.6 Å². The Labute approximate surface area is 163 Å². The van der Waals surface area contributed by atoms with Crippen LogP contribution in [-0.2, 0) is 0 Å². The molecule has 3 amide bonds. The molecular formula is C18H14ClFN4O2S. The maximum Gasteiger partial charge on any atom is 0.325 e. The minimum atomic E-state index is -0.548. The Balaban J connectivity index is 1.62. The van der Waals surface area contributed by atoms with Gasteiger partial charge in [0.2, 0.25) is 0 Å². The quantitative estimate of drug-likeness (QED) is 0.563. The fourth-order valence-electron chi connectivity index (χ4n) is 2.16. The molecule has 0 aliphatic heterocycles. The summed E-state index contributed by atoms with van der Waals surface area (Å²) in [5.41, 5.74) is 1.93. The van der Waals surface area contributed by atoms with Gasteiger partial charge in [0.15, 0.2) is 5.13 Å². The maximum atomic E-state index is 12.9. The van der Waals surface area contributed by atoms with Crippen LogP contribution < -0.4 is 16.0 Å². The molecule has 27 heavy (non-hydrogen) atoms. The molecule has 0 saturated carbocycles. The predicted octanol–water partition coefficient (Wildman–Crippen LogP) is 5.14. The monoisotopic (exact) mass is 404 g/mol. The molecule has 9 heteroatoms. The fourth-order valence-corrected chi connectivity index (χ4v) is 3.02. The normalized spacial score (nSPS) is 10.3. The molecule has 0 unspecified atom stereocenters. The zero-order valence-electron chi connectivity index (χ0n) is 14.0. The molecule has 0 atom stereocenters. The smallest absolute Gasteiger partial charge is 0.320 e. The van der Waals surface area contributed by atoms with Gasteiger partial charge in [0.25, 0.3) is 5.91 Å². The molecule has 1 aromatic heterocycles. The number of urea groups is 1. The minimum Gasteiger partial charge on any atom is -0.320 e. The molecule has 138 valence electrons. The summed E-state index contributed by atoms with van der Waals surface area (Å²) in [6.45, 7) is 1.80. The van der Waals surface area contributed by atoms with Crippen LogP contribution in [0.4, 0.5) is 25.7 Å². The van der Waals surface area contributed by atoms with E-state index >= 15 is 0 Å². The lowest BCUT2D eigenvalue weighted by molar-refractivity contribution is 0.102. The highest BCUT2D eigenvalue weighted by atomic mass is 35.5. The first-order valence-electron chi connectivity index (χ1n) is 7.78. The molecule has 2 aromatic carbocycles. The number of nitrogens with one attached hydrogen (secondary N) is 3. The van der Waals surface area contributed by atoms with Crippen LogP contribution in [0.2, 0.25) is 5.02 Å². The third-order valence-corrected chi connectivity index (χ3v) is 4.74. The van der Waals surface area contributed by atoms with Gasteiger partial charge in [-0.25, -0.2) is 14.2 Å². The summed E-state index contributed by atoms with van der Waals surface area (Å²) >= 11 is 7.15. The van der Waals surface area contributed by atoms with E-state index in [1.807, 2.05) is 0 Å². The molecule has 0 fully saturated rings. The Bertz CT molecular complexity index is 991. The third kappa shape index (κ3) is 4.81. The fraction of sp³-hybridized carbons (Fsp3) is 0.0556. The molecule has 3 N–H and O–H groups in total. The number of benzene rings is 2. The summed E-state index contributed by atoms with van der Waals surface area (Å²) in [6, 6.07) is 10.00. The van der Waals surface area contributed by atoms with Gasteiger partial charge < -0.3 is 10.6 Å². The molecule has 6 nitrogen and oxygen atoms in total. The van der Waals surface area contributed by atoms with Gasteiger partial charge in [0.1, 0.15) is 11.5 Å². The number of carbonyl (C=O) groups excluding carboxylic acids is 2. The lowest BCUT2D eigenvalue weighted by atomic mass is 10.2. The minimum absolute atomic E-state index is 0.163. The van der Waals surface area contributed by atoms with Crippen molar-refractivity contribution >= 4 is 51.4 Å². The van der Waals surface area contributed by atoms with Crippen molar-refractivity contribution in [2.75, 3.05) is 16.0 Å². The van der Waals surface area contributed by atoms with Crippen LogP contribution in [0.25, 0.3) is 0 Å². The molecule has 0 aliphatic rings. The first-order valence-corrected chi connectivity index (χ1v) is 9.03. The second-order valence-electron chi connectivity index (χ2n) is 5.49. The molecular weight excluding hydrogens is 391 g/mol. The van der Waals surface area contributed by atoms with E-state index in [0.717, 1.165) is 16.9 Å². The zero-order valence-corrected chi connectivity index (χ0v) is 15.6. The molecule has 0 radical (unpaired) electrons. The van der Waals surface area contributed by atoms with Crippen molar-refractivity contribution in [1.29, 1.82) is 0 Å². The van der Waals surface area contributed by atoms with E-state index in [9.17, 15) is 14.0 Å². The van der Waals surface area contributed by atoms with E-state index in [2.05, 4.69) is 20.9 Å². The molecule has 1 heterocycles. The van der Waals surface area contributed by atoms with E-state index < -0.39 is 17.8 Å². The van der Waals surface area contributed by atoms with Crippen molar-refractivity contribution in [2.24, 2.45) is 0 Å². The van der Waals surface area contributed by atoms with Crippen LogP contribution in [0.1, 0.15) is 16.1 Å². The summed E-state index contributed by atoms with van der Waals surface area (Å²) in [5, 5.41) is 10.1. The number of rotatable bonds is 4. The topological polar surface area (TPSA) is 83.1 Å². The highest BCUT2D eigenvalue weighted by Crippen LogP contribution is 2.24. The van der Waals surface area contributed by atoms with Gasteiger partial charge in [0, 0.05) is 21.8 Å². The Morgan fingerprint density at radius 1 is 1.07 bits per heavy atom. The highest BCUT2D eigenvalue weighted by molar-refractivity contribution is 7.14. The molecule has 3 rings (SSSR count). The summed E-state index contributed by atoms with van der Waals surface area (Å²) in [5.74, 6) is -0.810. The number of nitrogens with zero attached hydrogens (tertiary/aromatic N) is 1. The van der Waals surface area contributed by atoms with Crippen molar-refractivity contribution in [3.05, 3.63) is 69.9 Å². The SMILES string of the molecule is Cc1c(Cl)cccc1NC(=O)c1csc(NC(=O)Nc2ccc(F)cc2)n1. The van der Waals surface area contributed by atoms with Gasteiger partial charge in [-0.15, -0.1) is 11.3 Å². The number of halogens is 2. The van der Waals surface area contributed by atoms with Crippen LogP contribution >= 0.6 is 22.9 Å². The van der Waals surface area contributed by atoms with Crippen LogP contribution in [0.3, 0.4) is 0 Å². The molecule has 3 aromatic rings. The average molecular weight is 405 g/mol. The van der Waals surface area contributed by atoms with Gasteiger partial charge in [-0.3, -0.25) is 10.1 Å². The van der Waals surface area contributed by atoms with Gasteiger partial charge in [-0.05, 0) is 48.9 Å². The van der Waals surface area contributed by atoms with Crippen molar-refractivity contribution in [2.45, 2.75) is 6.92 Å². The van der Waals surface area contributed by atoms with E-state index in [1.54, 1.807) is 25.1 Å². The van der Waals surface area contributed by atoms with Crippen LogP contribution in [0.15, 0.2) is 47.8 Å². The van der Waals surface area contributed by atoms with E-state index in [0.29, 0.717) is 16.4 Å². The summed E-state index contributed by atoms with van der Waals surface area (Å²) in [4.78, 5) is 28.4. The number of thiazole rings is 1. The highest BCUT2D eigenvalue weighted by Gasteiger charge is 2.14. The first-order chi connectivity index (χ1) is 12.9. The Kier molecular flexibility index (Phi) is 5.68. The van der Waals surface area contributed by atoms with Crippen LogP contribution in [0.5, 0.6) is 0 Å². The number of aromatic nitrogens is 1. The lowest BCUT2D eigenvalue weighted by Crippen LogP contribution is -2.19. The number of carbonyl (C=O) groups is 2. The third-order valence-electron chi connectivity index (χ3n) is 3.58. The largest absolute Gasteiger partial charge is 0.325 e. The van der Waals surface area contributed by atoms with E-state index in [1.165, 1.54) is 29.6 Å². The van der Waals surface area contributed by atoms with Gasteiger partial charge in [-0.2, -0.15) is 0 Å². The van der Waals surface area contributed by atoms with Gasteiger partial charge in [0.05, 0.1) is 0 Å². The first kappa shape index (κ1) is 18.8.